The summed E-state index contributed by atoms with van der Waals surface area (Å²) in [7, 11) is 0. The smallest absolute Gasteiger partial charge is 0.216 e. The van der Waals surface area contributed by atoms with Crippen LogP contribution in [0.2, 0.25) is 0 Å². The zero-order valence-electron chi connectivity index (χ0n) is 7.37. The quantitative estimate of drug-likeness (QED) is 0.861. The predicted molar refractivity (Wildman–Crippen MR) is 57.8 cm³/mol. The summed E-state index contributed by atoms with van der Waals surface area (Å²) in [6, 6.07) is 0.485. The molecule has 1 aliphatic carbocycles. The predicted octanol–water partition coefficient (Wildman–Crippen LogP) is 1.77. The summed E-state index contributed by atoms with van der Waals surface area (Å²) >= 11 is 6.20. The summed E-state index contributed by atoms with van der Waals surface area (Å²) < 4.78 is 3.48. The van der Waals surface area contributed by atoms with Gasteiger partial charge >= 0.3 is 0 Å². The second kappa shape index (κ2) is 3.80. The molecule has 2 aromatic rings. The summed E-state index contributed by atoms with van der Waals surface area (Å²) in [5.41, 5.74) is 0. The van der Waals surface area contributed by atoms with Crippen LogP contribution in [0, 0.1) is 0 Å². The monoisotopic (exact) mass is 304 g/mol. The van der Waals surface area contributed by atoms with Gasteiger partial charge in [0, 0.05) is 0 Å². The van der Waals surface area contributed by atoms with E-state index >= 15 is 0 Å². The number of hydrogen-bond donors (Lipinski definition) is 0. The van der Waals surface area contributed by atoms with E-state index in [1.807, 2.05) is 4.68 Å². The van der Waals surface area contributed by atoms with Gasteiger partial charge in [0.2, 0.25) is 5.16 Å². The third-order valence-corrected chi connectivity index (χ3v) is 4.27. The van der Waals surface area contributed by atoms with Crippen molar-refractivity contribution in [3.63, 3.8) is 0 Å². The normalized spacial score (nSPS) is 15.8. The van der Waals surface area contributed by atoms with Gasteiger partial charge in [-0.3, -0.25) is 0 Å². The maximum Gasteiger partial charge on any atom is 0.216 e. The molecular formula is C6H5BrN6S2. The van der Waals surface area contributed by atoms with E-state index in [-0.39, 0.29) is 0 Å². The zero-order chi connectivity index (χ0) is 10.3. The van der Waals surface area contributed by atoms with Gasteiger partial charge in [0.05, 0.1) is 6.04 Å². The van der Waals surface area contributed by atoms with E-state index < -0.39 is 0 Å². The molecule has 15 heavy (non-hydrogen) atoms. The van der Waals surface area contributed by atoms with Crippen molar-refractivity contribution < 1.29 is 0 Å². The minimum atomic E-state index is 0.485. The minimum Gasteiger partial charge on any atom is -0.217 e. The molecule has 2 aromatic heterocycles. The average molecular weight is 305 g/mol. The molecule has 6 nitrogen and oxygen atoms in total. The Morgan fingerprint density at radius 2 is 2.20 bits per heavy atom. The lowest BCUT2D eigenvalue weighted by atomic mass is 10.7. The molecule has 78 valence electrons. The molecule has 0 radical (unpaired) electrons. The second-order valence-corrected chi connectivity index (χ2v) is 6.53. The van der Waals surface area contributed by atoms with Gasteiger partial charge < -0.3 is 0 Å². The Labute approximate surface area is 102 Å². The van der Waals surface area contributed by atoms with E-state index in [1.165, 1.54) is 35.9 Å². The fourth-order valence-electron chi connectivity index (χ4n) is 1.11. The number of tetrazole rings is 1. The van der Waals surface area contributed by atoms with Crippen molar-refractivity contribution in [2.24, 2.45) is 0 Å². The molecule has 1 aliphatic rings. The van der Waals surface area contributed by atoms with E-state index in [9.17, 15) is 0 Å². The topological polar surface area (TPSA) is 69.4 Å². The van der Waals surface area contributed by atoms with Gasteiger partial charge in [-0.1, -0.05) is 11.3 Å². The lowest BCUT2D eigenvalue weighted by Gasteiger charge is -1.97. The van der Waals surface area contributed by atoms with Gasteiger partial charge in [0.15, 0.2) is 8.26 Å². The minimum absolute atomic E-state index is 0.485. The van der Waals surface area contributed by atoms with E-state index in [1.54, 1.807) is 0 Å². The molecule has 0 atom stereocenters. The molecule has 0 unspecified atom stereocenters. The van der Waals surface area contributed by atoms with Crippen molar-refractivity contribution in [1.29, 1.82) is 0 Å². The number of aromatic nitrogens is 6. The lowest BCUT2D eigenvalue weighted by molar-refractivity contribution is 0.565. The van der Waals surface area contributed by atoms with Crippen LogP contribution in [0.1, 0.15) is 18.9 Å². The molecule has 0 amide bonds. The first kappa shape index (κ1) is 9.67. The highest BCUT2D eigenvalue weighted by atomic mass is 79.9. The van der Waals surface area contributed by atoms with Gasteiger partial charge in [-0.15, -0.1) is 15.3 Å². The van der Waals surface area contributed by atoms with Crippen molar-refractivity contribution in [2.75, 3.05) is 0 Å². The SMILES string of the molecule is Brc1nnc(Sc2nnnn2C2CC2)s1. The highest BCUT2D eigenvalue weighted by Gasteiger charge is 2.28. The average Bonchev–Trinajstić information content (AvgIpc) is 2.83. The molecule has 0 aromatic carbocycles. The molecule has 0 saturated heterocycles. The molecule has 1 fully saturated rings. The first-order valence-electron chi connectivity index (χ1n) is 4.27. The van der Waals surface area contributed by atoms with Gasteiger partial charge in [-0.05, 0) is 51.0 Å². The molecule has 0 spiro atoms. The van der Waals surface area contributed by atoms with Gasteiger partial charge in [-0.25, -0.2) is 4.68 Å². The molecule has 2 heterocycles. The lowest BCUT2D eigenvalue weighted by Crippen LogP contribution is -1.98. The number of halogens is 1. The number of hydrogen-bond acceptors (Lipinski definition) is 7. The largest absolute Gasteiger partial charge is 0.217 e. The first-order valence-corrected chi connectivity index (χ1v) is 6.70. The summed E-state index contributed by atoms with van der Waals surface area (Å²) in [5, 5.41) is 20.3. The highest BCUT2D eigenvalue weighted by molar-refractivity contribution is 9.11. The van der Waals surface area contributed by atoms with Crippen molar-refractivity contribution in [2.45, 2.75) is 28.4 Å². The Morgan fingerprint density at radius 1 is 1.33 bits per heavy atom. The first-order chi connectivity index (χ1) is 7.33. The van der Waals surface area contributed by atoms with E-state index in [2.05, 4.69) is 41.7 Å². The van der Waals surface area contributed by atoms with Crippen molar-refractivity contribution in [3.05, 3.63) is 3.92 Å². The van der Waals surface area contributed by atoms with Crippen LogP contribution >= 0.6 is 39.0 Å². The second-order valence-electron chi connectivity index (χ2n) is 3.06. The highest BCUT2D eigenvalue weighted by Crippen LogP contribution is 2.38. The Bertz CT molecular complexity index is 477. The van der Waals surface area contributed by atoms with Crippen LogP contribution in [-0.2, 0) is 0 Å². The Balaban J connectivity index is 1.84. The zero-order valence-corrected chi connectivity index (χ0v) is 10.6. The van der Waals surface area contributed by atoms with Crippen LogP contribution in [0.15, 0.2) is 13.4 Å². The van der Waals surface area contributed by atoms with Gasteiger partial charge in [0.25, 0.3) is 0 Å². The molecular weight excluding hydrogens is 300 g/mol. The van der Waals surface area contributed by atoms with E-state index in [4.69, 9.17) is 0 Å². The van der Waals surface area contributed by atoms with Crippen LogP contribution in [-0.4, -0.2) is 30.4 Å². The van der Waals surface area contributed by atoms with Crippen molar-refractivity contribution >= 4 is 39.0 Å². The fraction of sp³-hybridized carbons (Fsp3) is 0.500. The van der Waals surface area contributed by atoms with Crippen LogP contribution in [0.4, 0.5) is 0 Å². The van der Waals surface area contributed by atoms with Gasteiger partial charge in [-0.2, -0.15) is 0 Å². The van der Waals surface area contributed by atoms with E-state index in [0.29, 0.717) is 6.04 Å². The number of rotatable bonds is 3. The third kappa shape index (κ3) is 2.04. The Kier molecular flexibility index (Phi) is 2.45. The Hall–Kier alpha value is -0.540. The van der Waals surface area contributed by atoms with Crippen molar-refractivity contribution in [3.8, 4) is 0 Å². The van der Waals surface area contributed by atoms with Crippen LogP contribution in [0.25, 0.3) is 0 Å². The van der Waals surface area contributed by atoms with Crippen molar-refractivity contribution in [1.82, 2.24) is 30.4 Å². The molecule has 0 aliphatic heterocycles. The molecule has 1 saturated carbocycles. The summed E-state index contributed by atoms with van der Waals surface area (Å²) in [4.78, 5) is 0. The van der Waals surface area contributed by atoms with Crippen LogP contribution in [0.5, 0.6) is 0 Å². The summed E-state index contributed by atoms with van der Waals surface area (Å²) in [6.45, 7) is 0. The standard InChI is InChI=1S/C6H5BrN6S2/c7-4-8-10-6(14-4)15-5-9-11-12-13(5)3-1-2-3/h3H,1-2H2. The maximum absolute atomic E-state index is 3.99. The molecule has 3 rings (SSSR count). The maximum atomic E-state index is 3.99. The molecule has 0 bridgehead atoms. The molecule has 9 heteroatoms. The Morgan fingerprint density at radius 3 is 2.87 bits per heavy atom. The van der Waals surface area contributed by atoms with Gasteiger partial charge in [0.1, 0.15) is 0 Å². The van der Waals surface area contributed by atoms with E-state index in [0.717, 1.165) is 13.4 Å². The van der Waals surface area contributed by atoms with Crippen LogP contribution in [0.3, 0.4) is 0 Å². The fourth-order valence-corrected chi connectivity index (χ4v) is 3.50. The number of nitrogens with zero attached hydrogens (tertiary/aromatic N) is 6. The third-order valence-electron chi connectivity index (χ3n) is 1.92. The summed E-state index contributed by atoms with van der Waals surface area (Å²) in [5.74, 6) is 0. The summed E-state index contributed by atoms with van der Waals surface area (Å²) in [6.07, 6.45) is 2.33. The molecule has 0 N–H and O–H groups in total. The van der Waals surface area contributed by atoms with Crippen LogP contribution < -0.4 is 0 Å².